The van der Waals surface area contributed by atoms with Crippen molar-refractivity contribution in [3.8, 4) is 0 Å². The third-order valence-electron chi connectivity index (χ3n) is 3.79. The number of allylic oxidation sites excluding steroid dienone is 1. The van der Waals surface area contributed by atoms with Crippen molar-refractivity contribution in [3.63, 3.8) is 0 Å². The predicted octanol–water partition coefficient (Wildman–Crippen LogP) is 2.19. The molecule has 2 atom stereocenters. The smallest absolute Gasteiger partial charge is 0.0434 e. The van der Waals surface area contributed by atoms with E-state index in [1.54, 1.807) is 0 Å². The van der Waals surface area contributed by atoms with Crippen LogP contribution in [0.4, 0.5) is 0 Å². The van der Waals surface area contributed by atoms with Crippen molar-refractivity contribution in [2.45, 2.75) is 44.6 Å². The summed E-state index contributed by atoms with van der Waals surface area (Å²) in [5.74, 6) is 0.735. The second-order valence-electron chi connectivity index (χ2n) is 4.94. The highest BCUT2D eigenvalue weighted by Crippen LogP contribution is 2.24. The van der Waals surface area contributed by atoms with Gasteiger partial charge < -0.3 is 5.11 Å². The van der Waals surface area contributed by atoms with E-state index < -0.39 is 0 Å². The van der Waals surface area contributed by atoms with Crippen LogP contribution in [0.5, 0.6) is 0 Å². The lowest BCUT2D eigenvalue weighted by atomic mass is 9.92. The first-order valence-electron chi connectivity index (χ1n) is 6.41. The summed E-state index contributed by atoms with van der Waals surface area (Å²) in [5.41, 5.74) is 0. The molecule has 1 saturated heterocycles. The van der Waals surface area contributed by atoms with E-state index in [1.165, 1.54) is 45.2 Å². The number of hydrogen-bond donors (Lipinski definition) is 1. The van der Waals surface area contributed by atoms with E-state index in [4.69, 9.17) is 5.11 Å². The third-order valence-corrected chi connectivity index (χ3v) is 3.79. The molecule has 86 valence electrons. The SMILES string of the molecule is OCC[C@@H]1CCCN([C@H]2C=CCCC2)C1. The van der Waals surface area contributed by atoms with E-state index in [0.29, 0.717) is 12.6 Å². The van der Waals surface area contributed by atoms with Gasteiger partial charge in [0.05, 0.1) is 0 Å². The summed E-state index contributed by atoms with van der Waals surface area (Å²) in [6, 6.07) is 0.695. The van der Waals surface area contributed by atoms with Gasteiger partial charge in [0, 0.05) is 19.2 Å². The van der Waals surface area contributed by atoms with Crippen LogP contribution in [0.1, 0.15) is 38.5 Å². The average molecular weight is 209 g/mol. The number of nitrogens with zero attached hydrogens (tertiary/aromatic N) is 1. The van der Waals surface area contributed by atoms with Gasteiger partial charge in [0.1, 0.15) is 0 Å². The number of rotatable bonds is 3. The maximum absolute atomic E-state index is 8.98. The Labute approximate surface area is 93.0 Å². The van der Waals surface area contributed by atoms with Gasteiger partial charge in [0.25, 0.3) is 0 Å². The molecule has 1 aliphatic carbocycles. The average Bonchev–Trinajstić information content (AvgIpc) is 2.31. The van der Waals surface area contributed by atoms with Gasteiger partial charge in [-0.05, 0) is 51.0 Å². The molecule has 0 saturated carbocycles. The largest absolute Gasteiger partial charge is 0.396 e. The Morgan fingerprint density at radius 3 is 2.93 bits per heavy atom. The second-order valence-corrected chi connectivity index (χ2v) is 4.94. The maximum Gasteiger partial charge on any atom is 0.0434 e. The van der Waals surface area contributed by atoms with Crippen molar-refractivity contribution in [2.24, 2.45) is 5.92 Å². The molecule has 0 unspecified atom stereocenters. The minimum atomic E-state index is 0.360. The van der Waals surface area contributed by atoms with Crippen LogP contribution in [0.2, 0.25) is 0 Å². The molecule has 1 heterocycles. The second kappa shape index (κ2) is 5.66. The first kappa shape index (κ1) is 11.2. The lowest BCUT2D eigenvalue weighted by Crippen LogP contribution is -2.42. The van der Waals surface area contributed by atoms with Gasteiger partial charge >= 0.3 is 0 Å². The van der Waals surface area contributed by atoms with E-state index in [1.807, 2.05) is 0 Å². The molecule has 1 N–H and O–H groups in total. The number of hydrogen-bond acceptors (Lipinski definition) is 2. The fourth-order valence-electron chi connectivity index (χ4n) is 2.92. The predicted molar refractivity (Wildman–Crippen MR) is 62.8 cm³/mol. The topological polar surface area (TPSA) is 23.5 Å². The first-order valence-corrected chi connectivity index (χ1v) is 6.41. The minimum absolute atomic E-state index is 0.360. The summed E-state index contributed by atoms with van der Waals surface area (Å²) in [7, 11) is 0. The van der Waals surface area contributed by atoms with Crippen molar-refractivity contribution in [3.05, 3.63) is 12.2 Å². The third kappa shape index (κ3) is 3.05. The Bertz CT molecular complexity index is 213. The number of aliphatic hydroxyl groups excluding tert-OH is 1. The zero-order valence-electron chi connectivity index (χ0n) is 9.57. The van der Waals surface area contributed by atoms with Crippen LogP contribution in [-0.2, 0) is 0 Å². The van der Waals surface area contributed by atoms with E-state index >= 15 is 0 Å². The monoisotopic (exact) mass is 209 g/mol. The molecule has 2 heteroatoms. The molecule has 0 radical (unpaired) electrons. The molecule has 2 rings (SSSR count). The molecule has 0 aromatic heterocycles. The van der Waals surface area contributed by atoms with Crippen LogP contribution >= 0.6 is 0 Å². The molecule has 15 heavy (non-hydrogen) atoms. The Hall–Kier alpha value is -0.340. The molecular formula is C13H23NO. The van der Waals surface area contributed by atoms with Gasteiger partial charge in [-0.2, -0.15) is 0 Å². The Kier molecular flexibility index (Phi) is 4.21. The van der Waals surface area contributed by atoms with Gasteiger partial charge in [0.2, 0.25) is 0 Å². The highest BCUT2D eigenvalue weighted by molar-refractivity contribution is 4.99. The normalized spacial score (nSPS) is 33.1. The molecule has 2 aliphatic rings. The molecular weight excluding hydrogens is 186 g/mol. The van der Waals surface area contributed by atoms with Crippen molar-refractivity contribution in [1.82, 2.24) is 4.90 Å². The zero-order chi connectivity index (χ0) is 10.5. The van der Waals surface area contributed by atoms with Gasteiger partial charge in [0.15, 0.2) is 0 Å². The fourth-order valence-corrected chi connectivity index (χ4v) is 2.92. The summed E-state index contributed by atoms with van der Waals surface area (Å²) < 4.78 is 0. The highest BCUT2D eigenvalue weighted by atomic mass is 16.3. The first-order chi connectivity index (χ1) is 7.40. The number of piperidine rings is 1. The Morgan fingerprint density at radius 2 is 2.20 bits per heavy atom. The molecule has 1 fully saturated rings. The van der Waals surface area contributed by atoms with Crippen LogP contribution in [0.25, 0.3) is 0 Å². The van der Waals surface area contributed by atoms with E-state index in [0.717, 1.165) is 12.3 Å². The maximum atomic E-state index is 8.98. The summed E-state index contributed by atoms with van der Waals surface area (Å²) in [6.07, 6.45) is 12.3. The minimum Gasteiger partial charge on any atom is -0.396 e. The summed E-state index contributed by atoms with van der Waals surface area (Å²) >= 11 is 0. The number of aliphatic hydroxyl groups is 1. The van der Waals surface area contributed by atoms with Crippen molar-refractivity contribution < 1.29 is 5.11 Å². The van der Waals surface area contributed by atoms with E-state index in [9.17, 15) is 0 Å². The molecule has 2 nitrogen and oxygen atoms in total. The van der Waals surface area contributed by atoms with E-state index in [-0.39, 0.29) is 0 Å². The van der Waals surface area contributed by atoms with Gasteiger partial charge in [-0.1, -0.05) is 12.2 Å². The fraction of sp³-hybridized carbons (Fsp3) is 0.846. The summed E-state index contributed by atoms with van der Waals surface area (Å²) in [5, 5.41) is 8.98. The number of likely N-dealkylation sites (tertiary alicyclic amines) is 1. The van der Waals surface area contributed by atoms with Crippen LogP contribution < -0.4 is 0 Å². The van der Waals surface area contributed by atoms with Crippen molar-refractivity contribution in [1.29, 1.82) is 0 Å². The van der Waals surface area contributed by atoms with Gasteiger partial charge in [-0.15, -0.1) is 0 Å². The van der Waals surface area contributed by atoms with E-state index in [2.05, 4.69) is 17.1 Å². The molecule has 0 bridgehead atoms. The Morgan fingerprint density at radius 1 is 1.27 bits per heavy atom. The van der Waals surface area contributed by atoms with Gasteiger partial charge in [-0.25, -0.2) is 0 Å². The van der Waals surface area contributed by atoms with Crippen molar-refractivity contribution in [2.75, 3.05) is 19.7 Å². The van der Waals surface area contributed by atoms with Crippen LogP contribution in [-0.4, -0.2) is 35.7 Å². The molecule has 1 aliphatic heterocycles. The highest BCUT2D eigenvalue weighted by Gasteiger charge is 2.24. The standard InChI is InChI=1S/C13H23NO/c15-10-8-12-5-4-9-14(11-12)13-6-2-1-3-7-13/h2,6,12-13,15H,1,3-5,7-11H2/t12-,13-/m0/s1. The molecule has 0 aromatic rings. The lowest BCUT2D eigenvalue weighted by Gasteiger charge is -2.38. The Balaban J connectivity index is 1.85. The molecule has 0 amide bonds. The molecule has 0 spiro atoms. The van der Waals surface area contributed by atoms with Crippen LogP contribution in [0.15, 0.2) is 12.2 Å². The van der Waals surface area contributed by atoms with Crippen LogP contribution in [0, 0.1) is 5.92 Å². The zero-order valence-corrected chi connectivity index (χ0v) is 9.57. The van der Waals surface area contributed by atoms with Crippen LogP contribution in [0.3, 0.4) is 0 Å². The van der Waals surface area contributed by atoms with Crippen molar-refractivity contribution >= 4 is 0 Å². The quantitative estimate of drug-likeness (QED) is 0.720. The lowest BCUT2D eigenvalue weighted by molar-refractivity contribution is 0.119. The summed E-state index contributed by atoms with van der Waals surface area (Å²) in [6.45, 7) is 2.82. The summed E-state index contributed by atoms with van der Waals surface area (Å²) in [4.78, 5) is 2.62. The van der Waals surface area contributed by atoms with Gasteiger partial charge in [-0.3, -0.25) is 4.90 Å². The molecule has 0 aromatic carbocycles.